The summed E-state index contributed by atoms with van der Waals surface area (Å²) >= 11 is 0.800. The average Bonchev–Trinajstić information content (AvgIpc) is 2.63. The van der Waals surface area contributed by atoms with Gasteiger partial charge < -0.3 is 5.11 Å². The van der Waals surface area contributed by atoms with Crippen LogP contribution in [-0.2, 0) is 6.42 Å². The molecular formula is C13H12F2O2S. The van der Waals surface area contributed by atoms with Gasteiger partial charge in [-0.2, -0.15) is 0 Å². The van der Waals surface area contributed by atoms with Crippen LogP contribution in [0.4, 0.5) is 8.78 Å². The Hall–Kier alpha value is -1.49. The van der Waals surface area contributed by atoms with E-state index in [4.69, 9.17) is 5.11 Å². The Morgan fingerprint density at radius 1 is 1.33 bits per heavy atom. The van der Waals surface area contributed by atoms with E-state index < -0.39 is 17.6 Å². The number of rotatable bonds is 3. The zero-order valence-electron chi connectivity index (χ0n) is 9.96. The molecule has 18 heavy (non-hydrogen) atoms. The number of benzene rings is 1. The fourth-order valence-electron chi connectivity index (χ4n) is 1.97. The molecule has 0 aliphatic carbocycles. The minimum atomic E-state index is -1.13. The Morgan fingerprint density at radius 3 is 2.50 bits per heavy atom. The SMILES string of the molecule is CC(C)Cc1c(C(=O)O)sc2c(F)ccc(F)c12. The molecule has 1 aromatic carbocycles. The van der Waals surface area contributed by atoms with Gasteiger partial charge in [0, 0.05) is 5.39 Å². The minimum absolute atomic E-state index is 0.0303. The maximum absolute atomic E-state index is 13.8. The van der Waals surface area contributed by atoms with Crippen LogP contribution in [0.5, 0.6) is 0 Å². The van der Waals surface area contributed by atoms with E-state index in [0.29, 0.717) is 12.0 Å². The quantitative estimate of drug-likeness (QED) is 0.912. The standard InChI is InChI=1S/C13H12F2O2S/c1-6(2)5-7-10-8(14)3-4-9(15)12(10)18-11(7)13(16)17/h3-4,6H,5H2,1-2H3,(H,16,17). The van der Waals surface area contributed by atoms with Gasteiger partial charge in [-0.25, -0.2) is 13.6 Å². The highest BCUT2D eigenvalue weighted by molar-refractivity contribution is 7.21. The van der Waals surface area contributed by atoms with Gasteiger partial charge in [0.15, 0.2) is 0 Å². The number of carboxylic acid groups (broad SMARTS) is 1. The number of halogens is 2. The van der Waals surface area contributed by atoms with Crippen molar-refractivity contribution in [2.45, 2.75) is 20.3 Å². The van der Waals surface area contributed by atoms with E-state index in [2.05, 4.69) is 0 Å². The van der Waals surface area contributed by atoms with E-state index >= 15 is 0 Å². The molecule has 0 radical (unpaired) electrons. The highest BCUT2D eigenvalue weighted by Gasteiger charge is 2.22. The van der Waals surface area contributed by atoms with Crippen LogP contribution in [0.25, 0.3) is 10.1 Å². The third-order valence-corrected chi connectivity index (χ3v) is 3.87. The van der Waals surface area contributed by atoms with Gasteiger partial charge in [0.25, 0.3) is 0 Å². The molecule has 2 aromatic rings. The van der Waals surface area contributed by atoms with E-state index in [1.165, 1.54) is 0 Å². The lowest BCUT2D eigenvalue weighted by Gasteiger charge is -2.05. The van der Waals surface area contributed by atoms with Crippen LogP contribution in [0, 0.1) is 17.6 Å². The van der Waals surface area contributed by atoms with Crippen LogP contribution in [0.3, 0.4) is 0 Å². The second kappa shape index (κ2) is 4.65. The third-order valence-electron chi connectivity index (χ3n) is 2.65. The third kappa shape index (κ3) is 2.10. The summed E-state index contributed by atoms with van der Waals surface area (Å²) in [6.07, 6.45) is 0.419. The average molecular weight is 270 g/mol. The highest BCUT2D eigenvalue weighted by atomic mass is 32.1. The maximum atomic E-state index is 13.8. The van der Waals surface area contributed by atoms with Gasteiger partial charge in [-0.15, -0.1) is 11.3 Å². The molecule has 0 bridgehead atoms. The lowest BCUT2D eigenvalue weighted by atomic mass is 9.99. The second-order valence-electron chi connectivity index (χ2n) is 4.55. The van der Waals surface area contributed by atoms with E-state index in [0.717, 1.165) is 23.5 Å². The number of carbonyl (C=O) groups is 1. The molecule has 96 valence electrons. The van der Waals surface area contributed by atoms with E-state index in [9.17, 15) is 13.6 Å². The first kappa shape index (κ1) is 13.0. The van der Waals surface area contributed by atoms with Gasteiger partial charge in [0.2, 0.25) is 0 Å². The van der Waals surface area contributed by atoms with Crippen molar-refractivity contribution in [3.05, 3.63) is 34.2 Å². The zero-order valence-corrected chi connectivity index (χ0v) is 10.8. The molecule has 0 saturated carbocycles. The summed E-state index contributed by atoms with van der Waals surface area (Å²) in [7, 11) is 0. The lowest BCUT2D eigenvalue weighted by molar-refractivity contribution is 0.0701. The van der Waals surface area contributed by atoms with E-state index in [1.807, 2.05) is 13.8 Å². The van der Waals surface area contributed by atoms with Crippen LogP contribution in [0.2, 0.25) is 0 Å². The van der Waals surface area contributed by atoms with Gasteiger partial charge >= 0.3 is 5.97 Å². The molecule has 0 fully saturated rings. The van der Waals surface area contributed by atoms with Crippen molar-refractivity contribution in [2.75, 3.05) is 0 Å². The van der Waals surface area contributed by atoms with Crippen molar-refractivity contribution in [1.29, 1.82) is 0 Å². The Kier molecular flexibility index (Phi) is 3.34. The van der Waals surface area contributed by atoms with Gasteiger partial charge in [-0.3, -0.25) is 0 Å². The molecule has 0 aliphatic rings. The Balaban J connectivity index is 2.80. The molecule has 0 atom stereocenters. The predicted octanol–water partition coefficient (Wildman–Crippen LogP) is 4.08. The summed E-state index contributed by atoms with van der Waals surface area (Å²) in [6, 6.07) is 2.07. The Bertz CT molecular complexity index is 617. The number of hydrogen-bond donors (Lipinski definition) is 1. The number of hydrogen-bond acceptors (Lipinski definition) is 2. The summed E-state index contributed by atoms with van der Waals surface area (Å²) in [6.45, 7) is 3.82. The van der Waals surface area contributed by atoms with Gasteiger partial charge in [-0.05, 0) is 30.0 Å². The first-order valence-corrected chi connectivity index (χ1v) is 6.36. The first-order chi connectivity index (χ1) is 8.41. The monoisotopic (exact) mass is 270 g/mol. The topological polar surface area (TPSA) is 37.3 Å². The lowest BCUT2D eigenvalue weighted by Crippen LogP contribution is -2.02. The van der Waals surface area contributed by atoms with Crippen molar-refractivity contribution in [1.82, 2.24) is 0 Å². The van der Waals surface area contributed by atoms with Gasteiger partial charge in [0.05, 0.1) is 4.70 Å². The fourth-order valence-corrected chi connectivity index (χ4v) is 3.06. The number of fused-ring (bicyclic) bond motifs is 1. The fraction of sp³-hybridized carbons (Fsp3) is 0.308. The second-order valence-corrected chi connectivity index (χ2v) is 5.57. The van der Waals surface area contributed by atoms with Crippen molar-refractivity contribution in [2.24, 2.45) is 5.92 Å². The molecule has 0 saturated heterocycles. The van der Waals surface area contributed by atoms with E-state index in [-0.39, 0.29) is 20.9 Å². The van der Waals surface area contributed by atoms with Gasteiger partial charge in [0.1, 0.15) is 16.5 Å². The maximum Gasteiger partial charge on any atom is 0.346 e. The van der Waals surface area contributed by atoms with Crippen LogP contribution in [0.15, 0.2) is 12.1 Å². The molecule has 0 spiro atoms. The number of carboxylic acids is 1. The minimum Gasteiger partial charge on any atom is -0.477 e. The highest BCUT2D eigenvalue weighted by Crippen LogP contribution is 2.36. The number of thiophene rings is 1. The van der Waals surface area contributed by atoms with Crippen LogP contribution in [-0.4, -0.2) is 11.1 Å². The molecular weight excluding hydrogens is 258 g/mol. The summed E-state index contributed by atoms with van der Waals surface area (Å²) in [5, 5.41) is 9.24. The van der Waals surface area contributed by atoms with Crippen LogP contribution in [0.1, 0.15) is 29.1 Å². The smallest absolute Gasteiger partial charge is 0.346 e. The van der Waals surface area contributed by atoms with Crippen molar-refractivity contribution in [3.63, 3.8) is 0 Å². The zero-order chi connectivity index (χ0) is 13.4. The molecule has 5 heteroatoms. The predicted molar refractivity (Wildman–Crippen MR) is 67.2 cm³/mol. The molecule has 0 unspecified atom stereocenters. The largest absolute Gasteiger partial charge is 0.477 e. The molecule has 2 rings (SSSR count). The normalized spacial score (nSPS) is 11.4. The van der Waals surface area contributed by atoms with Crippen LogP contribution < -0.4 is 0 Å². The summed E-state index contributed by atoms with van der Waals surface area (Å²) in [5.41, 5.74) is 0.398. The molecule has 0 amide bonds. The van der Waals surface area contributed by atoms with Crippen LogP contribution >= 0.6 is 11.3 Å². The number of aromatic carboxylic acids is 1. The van der Waals surface area contributed by atoms with Crippen molar-refractivity contribution < 1.29 is 18.7 Å². The molecule has 2 nitrogen and oxygen atoms in total. The van der Waals surface area contributed by atoms with Crippen molar-refractivity contribution in [3.8, 4) is 0 Å². The van der Waals surface area contributed by atoms with Gasteiger partial charge in [-0.1, -0.05) is 13.8 Å². The summed E-state index contributed by atoms with van der Waals surface area (Å²) in [5.74, 6) is -2.10. The first-order valence-electron chi connectivity index (χ1n) is 5.54. The van der Waals surface area contributed by atoms with E-state index in [1.54, 1.807) is 0 Å². The molecule has 1 heterocycles. The summed E-state index contributed by atoms with van der Waals surface area (Å²) < 4.78 is 27.5. The molecule has 1 aromatic heterocycles. The Labute approximate surface area is 107 Å². The molecule has 0 aliphatic heterocycles. The molecule has 1 N–H and O–H groups in total. The van der Waals surface area contributed by atoms with Crippen molar-refractivity contribution >= 4 is 27.4 Å². The Morgan fingerprint density at radius 2 is 1.94 bits per heavy atom. The summed E-state index contributed by atoms with van der Waals surface area (Å²) in [4.78, 5) is 11.2.